The molecule has 0 saturated carbocycles. The number of amides is 3. The topological polar surface area (TPSA) is 57.7 Å². The number of hydrogen-bond acceptors (Lipinski definition) is 3. The van der Waals surface area contributed by atoms with Crippen LogP contribution in [0.3, 0.4) is 0 Å². The Hall–Kier alpha value is -3.73. The quantitative estimate of drug-likeness (QED) is 0.511. The van der Waals surface area contributed by atoms with Crippen LogP contribution < -0.4 is 0 Å². The summed E-state index contributed by atoms with van der Waals surface area (Å²) >= 11 is 0. The largest absolute Gasteiger partial charge is 0.330 e. The van der Waals surface area contributed by atoms with Gasteiger partial charge in [0.15, 0.2) is 0 Å². The summed E-state index contributed by atoms with van der Waals surface area (Å²) in [7, 11) is 0. The highest BCUT2D eigenvalue weighted by Gasteiger charge is 2.36. The van der Waals surface area contributed by atoms with E-state index in [4.69, 9.17) is 0 Å². The fourth-order valence-electron chi connectivity index (χ4n) is 3.94. The van der Waals surface area contributed by atoms with E-state index >= 15 is 0 Å². The van der Waals surface area contributed by atoms with Gasteiger partial charge >= 0.3 is 0 Å². The van der Waals surface area contributed by atoms with E-state index in [0.29, 0.717) is 36.3 Å². The lowest BCUT2D eigenvalue weighted by Gasteiger charge is -2.23. The smallest absolute Gasteiger partial charge is 0.261 e. The van der Waals surface area contributed by atoms with Crippen LogP contribution in [0.15, 0.2) is 78.9 Å². The highest BCUT2D eigenvalue weighted by Crippen LogP contribution is 2.26. The molecule has 0 atom stereocenters. The first-order valence-electron chi connectivity index (χ1n) is 10.8. The number of fused-ring (bicyclic) bond motifs is 1. The molecular weight excluding hydrogens is 400 g/mol. The molecule has 3 aromatic rings. The van der Waals surface area contributed by atoms with Crippen molar-refractivity contribution >= 4 is 17.7 Å². The summed E-state index contributed by atoms with van der Waals surface area (Å²) < 4.78 is 0. The molecule has 0 aromatic heterocycles. The Morgan fingerprint density at radius 1 is 0.781 bits per heavy atom. The predicted molar refractivity (Wildman–Crippen MR) is 123 cm³/mol. The average molecular weight is 427 g/mol. The van der Waals surface area contributed by atoms with Crippen LogP contribution in [-0.4, -0.2) is 34.1 Å². The molecule has 0 aliphatic carbocycles. The molecule has 0 fully saturated rings. The van der Waals surface area contributed by atoms with Gasteiger partial charge in [-0.2, -0.15) is 0 Å². The number of rotatable bonds is 7. The number of imide groups is 1. The molecule has 32 heavy (non-hydrogen) atoms. The molecule has 0 spiro atoms. The predicted octanol–water partition coefficient (Wildman–Crippen LogP) is 4.78. The lowest BCUT2D eigenvalue weighted by molar-refractivity contribution is 0.0635. The van der Waals surface area contributed by atoms with Gasteiger partial charge in [0, 0.05) is 25.2 Å². The zero-order chi connectivity index (χ0) is 22.7. The van der Waals surface area contributed by atoms with E-state index in [1.807, 2.05) is 74.5 Å². The van der Waals surface area contributed by atoms with Gasteiger partial charge in [-0.15, -0.1) is 0 Å². The summed E-state index contributed by atoms with van der Waals surface area (Å²) in [6, 6.07) is 24.4. The third kappa shape index (κ3) is 4.47. The van der Waals surface area contributed by atoms with E-state index < -0.39 is 0 Å². The van der Waals surface area contributed by atoms with Crippen molar-refractivity contribution in [1.82, 2.24) is 9.80 Å². The molecule has 5 nitrogen and oxygen atoms in total. The van der Waals surface area contributed by atoms with Crippen molar-refractivity contribution in [3.05, 3.63) is 107 Å². The molecule has 0 radical (unpaired) electrons. The molecule has 4 rings (SSSR count). The minimum absolute atomic E-state index is 0.172. The van der Waals surface area contributed by atoms with Crippen molar-refractivity contribution in [2.75, 3.05) is 6.54 Å². The van der Waals surface area contributed by atoms with Crippen LogP contribution in [0.25, 0.3) is 0 Å². The molecule has 0 unspecified atom stereocenters. The first kappa shape index (κ1) is 21.5. The zero-order valence-electron chi connectivity index (χ0n) is 18.3. The standard InChI is InChI=1S/C27H26N2O3/c1-19(2)16-29-26(31)23-14-13-22(15-24(23)27(29)32)25(30)28(17-20-9-5-3-6-10-20)18-21-11-7-4-8-12-21/h3-15,19H,16-18H2,1-2H3. The molecule has 0 N–H and O–H groups in total. The fraction of sp³-hybridized carbons (Fsp3) is 0.222. The van der Waals surface area contributed by atoms with Crippen molar-refractivity contribution in [2.45, 2.75) is 26.9 Å². The summed E-state index contributed by atoms with van der Waals surface area (Å²) in [5.41, 5.74) is 3.12. The number of nitrogens with zero attached hydrogens (tertiary/aromatic N) is 2. The van der Waals surface area contributed by atoms with Crippen LogP contribution in [0, 0.1) is 5.92 Å². The van der Waals surface area contributed by atoms with Crippen molar-refractivity contribution in [3.63, 3.8) is 0 Å². The summed E-state index contributed by atoms with van der Waals surface area (Å²) in [6.07, 6.45) is 0. The maximum atomic E-state index is 13.5. The summed E-state index contributed by atoms with van der Waals surface area (Å²) in [6.45, 7) is 5.17. The van der Waals surface area contributed by atoms with E-state index in [1.165, 1.54) is 4.90 Å². The van der Waals surface area contributed by atoms with Gasteiger partial charge < -0.3 is 4.90 Å². The van der Waals surface area contributed by atoms with Crippen LogP contribution in [0.5, 0.6) is 0 Å². The Balaban J connectivity index is 1.63. The van der Waals surface area contributed by atoms with Gasteiger partial charge in [0.2, 0.25) is 0 Å². The molecule has 5 heteroatoms. The summed E-state index contributed by atoms with van der Waals surface area (Å²) in [4.78, 5) is 42.1. The van der Waals surface area contributed by atoms with Crippen molar-refractivity contribution in [1.29, 1.82) is 0 Å². The lowest BCUT2D eigenvalue weighted by atomic mass is 10.0. The van der Waals surface area contributed by atoms with Gasteiger partial charge in [-0.05, 0) is 35.2 Å². The molecule has 1 heterocycles. The maximum absolute atomic E-state index is 13.5. The third-order valence-electron chi connectivity index (χ3n) is 5.49. The molecular formula is C27H26N2O3. The Bertz CT molecular complexity index is 1100. The zero-order valence-corrected chi connectivity index (χ0v) is 18.3. The van der Waals surface area contributed by atoms with Crippen molar-refractivity contribution in [2.24, 2.45) is 5.92 Å². The minimum atomic E-state index is -0.328. The van der Waals surface area contributed by atoms with Crippen LogP contribution in [0.1, 0.15) is 56.0 Å². The lowest BCUT2D eigenvalue weighted by Crippen LogP contribution is -2.33. The second-order valence-corrected chi connectivity index (χ2v) is 8.51. The molecule has 162 valence electrons. The van der Waals surface area contributed by atoms with Crippen LogP contribution >= 0.6 is 0 Å². The molecule has 3 aromatic carbocycles. The first-order valence-corrected chi connectivity index (χ1v) is 10.8. The monoisotopic (exact) mass is 426 g/mol. The molecule has 0 saturated heterocycles. The first-order chi connectivity index (χ1) is 15.4. The molecule has 1 aliphatic heterocycles. The van der Waals surface area contributed by atoms with Crippen LogP contribution in [0.4, 0.5) is 0 Å². The summed E-state index contributed by atoms with van der Waals surface area (Å²) in [5, 5.41) is 0. The van der Waals surface area contributed by atoms with E-state index in [1.54, 1.807) is 23.1 Å². The van der Waals surface area contributed by atoms with E-state index in [2.05, 4.69) is 0 Å². The van der Waals surface area contributed by atoms with Gasteiger partial charge in [-0.3, -0.25) is 19.3 Å². The Kier molecular flexibility index (Phi) is 6.17. The highest BCUT2D eigenvalue weighted by atomic mass is 16.2. The van der Waals surface area contributed by atoms with Gasteiger partial charge in [0.1, 0.15) is 0 Å². The van der Waals surface area contributed by atoms with Crippen LogP contribution in [0.2, 0.25) is 0 Å². The second-order valence-electron chi connectivity index (χ2n) is 8.51. The molecule has 3 amide bonds. The van der Waals surface area contributed by atoms with Gasteiger partial charge in [-0.1, -0.05) is 74.5 Å². The Morgan fingerprint density at radius 2 is 1.31 bits per heavy atom. The van der Waals surface area contributed by atoms with Crippen molar-refractivity contribution in [3.8, 4) is 0 Å². The molecule has 1 aliphatic rings. The maximum Gasteiger partial charge on any atom is 0.261 e. The highest BCUT2D eigenvalue weighted by molar-refractivity contribution is 6.22. The van der Waals surface area contributed by atoms with Gasteiger partial charge in [0.05, 0.1) is 11.1 Å². The normalized spacial score (nSPS) is 12.9. The average Bonchev–Trinajstić information content (AvgIpc) is 3.03. The number of carbonyl (C=O) groups excluding carboxylic acids is 3. The van der Waals surface area contributed by atoms with E-state index in [-0.39, 0.29) is 23.6 Å². The van der Waals surface area contributed by atoms with E-state index in [0.717, 1.165) is 11.1 Å². The van der Waals surface area contributed by atoms with Gasteiger partial charge in [-0.25, -0.2) is 0 Å². The Morgan fingerprint density at radius 3 is 1.84 bits per heavy atom. The number of hydrogen-bond donors (Lipinski definition) is 0. The Labute approximate surface area is 188 Å². The number of benzene rings is 3. The molecule has 0 bridgehead atoms. The van der Waals surface area contributed by atoms with Gasteiger partial charge in [0.25, 0.3) is 17.7 Å². The van der Waals surface area contributed by atoms with E-state index in [9.17, 15) is 14.4 Å². The summed E-state index contributed by atoms with van der Waals surface area (Å²) in [5.74, 6) is -0.622. The minimum Gasteiger partial charge on any atom is -0.330 e. The third-order valence-corrected chi connectivity index (χ3v) is 5.49. The fourth-order valence-corrected chi connectivity index (χ4v) is 3.94. The second kappa shape index (κ2) is 9.18. The number of carbonyl (C=O) groups is 3. The van der Waals surface area contributed by atoms with Crippen molar-refractivity contribution < 1.29 is 14.4 Å². The van der Waals surface area contributed by atoms with Crippen LogP contribution in [-0.2, 0) is 13.1 Å². The SMILES string of the molecule is CC(C)CN1C(=O)c2ccc(C(=O)N(Cc3ccccc3)Cc3ccccc3)cc2C1=O.